The van der Waals surface area contributed by atoms with Gasteiger partial charge in [-0.3, -0.25) is 0 Å². The maximum Gasteiger partial charge on any atom is 0.132 e. The van der Waals surface area contributed by atoms with Gasteiger partial charge in [-0.05, 0) is 24.1 Å². The van der Waals surface area contributed by atoms with Crippen LogP contribution in [0.4, 0.5) is 11.6 Å². The van der Waals surface area contributed by atoms with Crippen molar-refractivity contribution in [3.8, 4) is 0 Å². The third-order valence-electron chi connectivity index (χ3n) is 3.01. The van der Waals surface area contributed by atoms with Crippen molar-refractivity contribution < 1.29 is 0 Å². The van der Waals surface area contributed by atoms with Crippen molar-refractivity contribution in [3.63, 3.8) is 0 Å². The maximum absolute atomic E-state index is 4.52. The molecule has 0 spiro atoms. The van der Waals surface area contributed by atoms with E-state index in [4.69, 9.17) is 0 Å². The fourth-order valence-electron chi connectivity index (χ4n) is 1.93. The van der Waals surface area contributed by atoms with E-state index in [-0.39, 0.29) is 0 Å². The Balaban J connectivity index is 2.07. The van der Waals surface area contributed by atoms with Crippen LogP contribution in [0.3, 0.4) is 0 Å². The number of nitrogens with zero attached hydrogens (tertiary/aromatic N) is 2. The first-order valence-corrected chi connectivity index (χ1v) is 8.10. The van der Waals surface area contributed by atoms with E-state index in [1.165, 1.54) is 5.56 Å². The molecule has 0 radical (unpaired) electrons. The lowest BCUT2D eigenvalue weighted by Gasteiger charge is -2.10. The molecule has 21 heavy (non-hydrogen) atoms. The predicted octanol–water partition coefficient (Wildman–Crippen LogP) is 4.24. The van der Waals surface area contributed by atoms with Crippen molar-refractivity contribution in [2.24, 2.45) is 0 Å². The second-order valence-electron chi connectivity index (χ2n) is 4.82. The highest BCUT2D eigenvalue weighted by Gasteiger charge is 2.03. The largest absolute Gasteiger partial charge is 0.370 e. The van der Waals surface area contributed by atoms with E-state index in [0.29, 0.717) is 0 Å². The van der Waals surface area contributed by atoms with Crippen LogP contribution in [0.25, 0.3) is 0 Å². The summed E-state index contributed by atoms with van der Waals surface area (Å²) in [7, 11) is 0. The van der Waals surface area contributed by atoms with Crippen LogP contribution in [0.15, 0.2) is 34.8 Å². The Morgan fingerprint density at radius 2 is 1.81 bits per heavy atom. The SMILES string of the molecule is CCCNc1cc(NCc2cccc(Br)c2)nc(CC)n1. The molecule has 0 bridgehead atoms. The van der Waals surface area contributed by atoms with E-state index in [1.54, 1.807) is 0 Å². The summed E-state index contributed by atoms with van der Waals surface area (Å²) in [4.78, 5) is 9.01. The van der Waals surface area contributed by atoms with Crippen molar-refractivity contribution >= 4 is 27.6 Å². The molecule has 1 aromatic carbocycles. The van der Waals surface area contributed by atoms with Gasteiger partial charge in [-0.1, -0.05) is 41.9 Å². The summed E-state index contributed by atoms with van der Waals surface area (Å²) in [6, 6.07) is 10.2. The van der Waals surface area contributed by atoms with Gasteiger partial charge in [0.25, 0.3) is 0 Å². The van der Waals surface area contributed by atoms with Gasteiger partial charge in [0.15, 0.2) is 0 Å². The number of hydrogen-bond donors (Lipinski definition) is 2. The van der Waals surface area contributed by atoms with Crippen molar-refractivity contribution in [1.82, 2.24) is 9.97 Å². The predicted molar refractivity (Wildman–Crippen MR) is 91.7 cm³/mol. The zero-order valence-corrected chi connectivity index (χ0v) is 14.1. The van der Waals surface area contributed by atoms with Gasteiger partial charge < -0.3 is 10.6 Å². The van der Waals surface area contributed by atoms with Crippen LogP contribution < -0.4 is 10.6 Å². The smallest absolute Gasteiger partial charge is 0.132 e. The summed E-state index contributed by atoms with van der Waals surface area (Å²) in [5.41, 5.74) is 1.21. The lowest BCUT2D eigenvalue weighted by molar-refractivity contribution is 0.913. The highest BCUT2D eigenvalue weighted by atomic mass is 79.9. The van der Waals surface area contributed by atoms with Gasteiger partial charge in [0.2, 0.25) is 0 Å². The summed E-state index contributed by atoms with van der Waals surface area (Å²) in [6.45, 7) is 5.87. The molecule has 0 atom stereocenters. The average molecular weight is 349 g/mol. The number of rotatable bonds is 7. The fraction of sp³-hybridized carbons (Fsp3) is 0.375. The molecular formula is C16H21BrN4. The highest BCUT2D eigenvalue weighted by molar-refractivity contribution is 9.10. The minimum absolute atomic E-state index is 0.743. The van der Waals surface area contributed by atoms with Crippen LogP contribution in [0.2, 0.25) is 0 Å². The number of halogens is 1. The first-order chi connectivity index (χ1) is 10.2. The Morgan fingerprint density at radius 3 is 2.48 bits per heavy atom. The standard InChI is InChI=1S/C16H21BrN4/c1-3-8-18-15-10-16(21-14(4-2)20-15)19-11-12-6-5-7-13(17)9-12/h5-7,9-10H,3-4,8,11H2,1-2H3,(H2,18,19,20,21). The summed E-state index contributed by atoms with van der Waals surface area (Å²) in [6.07, 6.45) is 1.90. The van der Waals surface area contributed by atoms with Crippen molar-refractivity contribution in [2.45, 2.75) is 33.2 Å². The van der Waals surface area contributed by atoms with E-state index in [9.17, 15) is 0 Å². The molecule has 1 heterocycles. The molecule has 0 saturated carbocycles. The molecule has 0 aliphatic carbocycles. The Hall–Kier alpha value is -1.62. The van der Waals surface area contributed by atoms with Gasteiger partial charge in [0.05, 0.1) is 0 Å². The van der Waals surface area contributed by atoms with E-state index in [1.807, 2.05) is 18.2 Å². The minimum Gasteiger partial charge on any atom is -0.370 e. The van der Waals surface area contributed by atoms with E-state index in [0.717, 1.165) is 47.9 Å². The third kappa shape index (κ3) is 5.01. The number of aromatic nitrogens is 2. The Bertz CT molecular complexity index is 586. The van der Waals surface area contributed by atoms with Crippen molar-refractivity contribution in [3.05, 3.63) is 46.2 Å². The first kappa shape index (κ1) is 15.8. The molecule has 0 unspecified atom stereocenters. The van der Waals surface area contributed by atoms with Crippen LogP contribution >= 0.6 is 15.9 Å². The second-order valence-corrected chi connectivity index (χ2v) is 5.73. The molecule has 0 aliphatic rings. The summed E-state index contributed by atoms with van der Waals surface area (Å²) in [5, 5.41) is 6.69. The third-order valence-corrected chi connectivity index (χ3v) is 3.50. The molecule has 0 fully saturated rings. The van der Waals surface area contributed by atoms with Crippen LogP contribution in [0.5, 0.6) is 0 Å². The molecule has 112 valence electrons. The molecule has 0 saturated heterocycles. The minimum atomic E-state index is 0.743. The number of aryl methyl sites for hydroxylation is 1. The van der Waals surface area contributed by atoms with Crippen molar-refractivity contribution in [1.29, 1.82) is 0 Å². The van der Waals surface area contributed by atoms with Crippen LogP contribution in [-0.4, -0.2) is 16.5 Å². The summed E-state index contributed by atoms with van der Waals surface area (Å²) in [5.74, 6) is 2.61. The monoisotopic (exact) mass is 348 g/mol. The van der Waals surface area contributed by atoms with E-state index >= 15 is 0 Å². The van der Waals surface area contributed by atoms with Gasteiger partial charge in [0.1, 0.15) is 17.5 Å². The van der Waals surface area contributed by atoms with Gasteiger partial charge in [-0.25, -0.2) is 9.97 Å². The molecule has 4 nitrogen and oxygen atoms in total. The quantitative estimate of drug-likeness (QED) is 0.785. The zero-order chi connectivity index (χ0) is 15.1. The number of anilines is 2. The molecule has 1 aromatic heterocycles. The van der Waals surface area contributed by atoms with Gasteiger partial charge in [-0.2, -0.15) is 0 Å². The average Bonchev–Trinajstić information content (AvgIpc) is 2.51. The Morgan fingerprint density at radius 1 is 1.05 bits per heavy atom. The lowest BCUT2D eigenvalue weighted by atomic mass is 10.2. The molecule has 5 heteroatoms. The number of hydrogen-bond acceptors (Lipinski definition) is 4. The Labute approximate surface area is 134 Å². The lowest BCUT2D eigenvalue weighted by Crippen LogP contribution is -2.08. The number of benzene rings is 1. The van der Waals surface area contributed by atoms with Crippen LogP contribution in [0, 0.1) is 0 Å². The highest BCUT2D eigenvalue weighted by Crippen LogP contribution is 2.15. The van der Waals surface area contributed by atoms with Crippen LogP contribution in [0.1, 0.15) is 31.7 Å². The Kier molecular flexibility index (Phi) is 5.99. The molecule has 2 N–H and O–H groups in total. The van der Waals surface area contributed by atoms with Gasteiger partial charge >= 0.3 is 0 Å². The molecule has 2 rings (SSSR count). The molecule has 0 aliphatic heterocycles. The van der Waals surface area contributed by atoms with Gasteiger partial charge in [0, 0.05) is 30.0 Å². The molecule has 2 aromatic rings. The zero-order valence-electron chi connectivity index (χ0n) is 12.5. The number of nitrogens with one attached hydrogen (secondary N) is 2. The first-order valence-electron chi connectivity index (χ1n) is 7.31. The summed E-state index contributed by atoms with van der Waals surface area (Å²) >= 11 is 3.49. The van der Waals surface area contributed by atoms with Crippen molar-refractivity contribution in [2.75, 3.05) is 17.2 Å². The van der Waals surface area contributed by atoms with Gasteiger partial charge in [-0.15, -0.1) is 0 Å². The maximum atomic E-state index is 4.52. The molecule has 0 amide bonds. The molecular weight excluding hydrogens is 328 g/mol. The van der Waals surface area contributed by atoms with Crippen LogP contribution in [-0.2, 0) is 13.0 Å². The topological polar surface area (TPSA) is 49.8 Å². The normalized spacial score (nSPS) is 10.4. The fourth-order valence-corrected chi connectivity index (χ4v) is 2.38. The summed E-state index contributed by atoms with van der Waals surface area (Å²) < 4.78 is 1.09. The second kappa shape index (κ2) is 7.98. The van der Waals surface area contributed by atoms with E-state index < -0.39 is 0 Å². The van der Waals surface area contributed by atoms with E-state index in [2.05, 4.69) is 62.5 Å².